The lowest BCUT2D eigenvalue weighted by atomic mass is 10.4. The third-order valence-electron chi connectivity index (χ3n) is 2.44. The molecule has 6 heteroatoms. The predicted octanol–water partition coefficient (Wildman–Crippen LogP) is 1.15. The maximum absolute atomic E-state index is 12.2. The van der Waals surface area contributed by atoms with Crippen molar-refractivity contribution < 1.29 is 8.42 Å². The van der Waals surface area contributed by atoms with Crippen LogP contribution in [0.4, 0.5) is 5.69 Å². The molecule has 1 heterocycles. The summed E-state index contributed by atoms with van der Waals surface area (Å²) in [6.45, 7) is 3.65. The van der Waals surface area contributed by atoms with E-state index in [0.717, 1.165) is 0 Å². The standard InChI is InChI=1S/C10H17N3O2S/c1-8(2)13(4)16(14,15)10-7-12-6-5-9(10)11-3/h5-8H,1-4H3,(H,11,12). The number of nitrogens with zero attached hydrogens (tertiary/aromatic N) is 2. The molecule has 0 aliphatic carbocycles. The zero-order chi connectivity index (χ0) is 12.3. The zero-order valence-electron chi connectivity index (χ0n) is 9.93. The van der Waals surface area contributed by atoms with Crippen LogP contribution in [0.2, 0.25) is 0 Å². The minimum atomic E-state index is -3.47. The Morgan fingerprint density at radius 3 is 2.56 bits per heavy atom. The normalized spacial score (nSPS) is 12.1. The average molecular weight is 243 g/mol. The summed E-state index contributed by atoms with van der Waals surface area (Å²) in [5.74, 6) is 0. The van der Waals surface area contributed by atoms with Crippen LogP contribution < -0.4 is 5.32 Å². The Hall–Kier alpha value is -1.14. The van der Waals surface area contributed by atoms with Crippen LogP contribution in [0.25, 0.3) is 0 Å². The van der Waals surface area contributed by atoms with E-state index in [4.69, 9.17) is 0 Å². The number of sulfonamides is 1. The molecule has 1 N–H and O–H groups in total. The van der Waals surface area contributed by atoms with Gasteiger partial charge < -0.3 is 5.32 Å². The summed E-state index contributed by atoms with van der Waals surface area (Å²) in [7, 11) is -0.226. The molecule has 0 bridgehead atoms. The maximum Gasteiger partial charge on any atom is 0.246 e. The quantitative estimate of drug-likeness (QED) is 0.861. The van der Waals surface area contributed by atoms with E-state index < -0.39 is 10.0 Å². The van der Waals surface area contributed by atoms with Crippen LogP contribution in [0.15, 0.2) is 23.4 Å². The van der Waals surface area contributed by atoms with Crippen LogP contribution in [0, 0.1) is 0 Å². The smallest absolute Gasteiger partial charge is 0.246 e. The molecule has 0 saturated heterocycles. The number of hydrogen-bond donors (Lipinski definition) is 1. The molecule has 1 aromatic heterocycles. The van der Waals surface area contributed by atoms with Gasteiger partial charge in [0.1, 0.15) is 4.90 Å². The van der Waals surface area contributed by atoms with E-state index in [1.807, 2.05) is 13.8 Å². The molecule has 0 radical (unpaired) electrons. The summed E-state index contributed by atoms with van der Waals surface area (Å²) in [5, 5.41) is 2.85. The van der Waals surface area contributed by atoms with Gasteiger partial charge in [0.05, 0.1) is 5.69 Å². The van der Waals surface area contributed by atoms with Crippen LogP contribution >= 0.6 is 0 Å². The molecule has 5 nitrogen and oxygen atoms in total. The van der Waals surface area contributed by atoms with Crippen LogP contribution in [0.1, 0.15) is 13.8 Å². The van der Waals surface area contributed by atoms with Crippen LogP contribution in [0.5, 0.6) is 0 Å². The Morgan fingerprint density at radius 1 is 1.44 bits per heavy atom. The van der Waals surface area contributed by atoms with Gasteiger partial charge in [-0.3, -0.25) is 4.98 Å². The maximum atomic E-state index is 12.2. The summed E-state index contributed by atoms with van der Waals surface area (Å²) < 4.78 is 25.7. The van der Waals surface area contributed by atoms with Gasteiger partial charge in [0.2, 0.25) is 10.0 Å². The van der Waals surface area contributed by atoms with Gasteiger partial charge in [-0.1, -0.05) is 0 Å². The number of hydrogen-bond acceptors (Lipinski definition) is 4. The summed E-state index contributed by atoms with van der Waals surface area (Å²) in [6, 6.07) is 1.55. The largest absolute Gasteiger partial charge is 0.387 e. The van der Waals surface area contributed by atoms with Crippen LogP contribution in [0.3, 0.4) is 0 Å². The lowest BCUT2D eigenvalue weighted by Crippen LogP contribution is -2.33. The fourth-order valence-corrected chi connectivity index (χ4v) is 2.73. The number of pyridine rings is 1. The minimum Gasteiger partial charge on any atom is -0.387 e. The molecular formula is C10H17N3O2S. The van der Waals surface area contributed by atoms with Crippen molar-refractivity contribution in [2.45, 2.75) is 24.8 Å². The summed E-state index contributed by atoms with van der Waals surface area (Å²) in [4.78, 5) is 4.06. The first kappa shape index (κ1) is 12.9. The number of rotatable bonds is 4. The number of anilines is 1. The highest BCUT2D eigenvalue weighted by Crippen LogP contribution is 2.23. The minimum absolute atomic E-state index is 0.0880. The first-order valence-corrected chi connectivity index (χ1v) is 6.45. The van der Waals surface area contributed by atoms with E-state index in [9.17, 15) is 8.42 Å². The van der Waals surface area contributed by atoms with Crippen molar-refractivity contribution in [3.63, 3.8) is 0 Å². The van der Waals surface area contributed by atoms with Crippen LogP contribution in [-0.4, -0.2) is 37.8 Å². The van der Waals surface area contributed by atoms with E-state index in [2.05, 4.69) is 10.3 Å². The Bertz CT molecular complexity index is 457. The summed E-state index contributed by atoms with van der Waals surface area (Å²) >= 11 is 0. The fourth-order valence-electron chi connectivity index (χ4n) is 1.22. The summed E-state index contributed by atoms with van der Waals surface area (Å²) in [6.07, 6.45) is 2.92. The van der Waals surface area contributed by atoms with E-state index in [1.54, 1.807) is 26.4 Å². The van der Waals surface area contributed by atoms with Crippen molar-refractivity contribution >= 4 is 15.7 Å². The highest BCUT2D eigenvalue weighted by molar-refractivity contribution is 7.89. The average Bonchev–Trinajstić information content (AvgIpc) is 2.27. The van der Waals surface area contributed by atoms with Gasteiger partial charge in [-0.25, -0.2) is 8.42 Å². The van der Waals surface area contributed by atoms with Gasteiger partial charge >= 0.3 is 0 Å². The molecule has 1 aromatic rings. The van der Waals surface area contributed by atoms with Gasteiger partial charge in [-0.05, 0) is 19.9 Å². The monoisotopic (exact) mass is 243 g/mol. The third kappa shape index (κ3) is 2.33. The molecular weight excluding hydrogens is 226 g/mol. The first-order chi connectivity index (χ1) is 7.41. The number of nitrogens with one attached hydrogen (secondary N) is 1. The topological polar surface area (TPSA) is 62.3 Å². The molecule has 0 fully saturated rings. The van der Waals surface area contributed by atoms with Crippen molar-refractivity contribution in [3.8, 4) is 0 Å². The highest BCUT2D eigenvalue weighted by atomic mass is 32.2. The molecule has 16 heavy (non-hydrogen) atoms. The van der Waals surface area contributed by atoms with Crippen molar-refractivity contribution in [3.05, 3.63) is 18.5 Å². The molecule has 90 valence electrons. The molecule has 0 aliphatic heterocycles. The lowest BCUT2D eigenvalue weighted by Gasteiger charge is -2.22. The first-order valence-electron chi connectivity index (χ1n) is 5.01. The Balaban J connectivity index is 3.27. The van der Waals surface area contributed by atoms with Crippen molar-refractivity contribution in [1.82, 2.24) is 9.29 Å². The van der Waals surface area contributed by atoms with Crippen LogP contribution in [-0.2, 0) is 10.0 Å². The second kappa shape index (κ2) is 4.80. The Labute approximate surface area is 96.5 Å². The van der Waals surface area contributed by atoms with E-state index in [0.29, 0.717) is 5.69 Å². The molecule has 0 aliphatic rings. The molecule has 0 saturated carbocycles. The number of aromatic nitrogens is 1. The molecule has 0 unspecified atom stereocenters. The third-order valence-corrected chi connectivity index (χ3v) is 4.50. The Kier molecular flexibility index (Phi) is 3.88. The van der Waals surface area contributed by atoms with Gasteiger partial charge in [0, 0.05) is 32.5 Å². The van der Waals surface area contributed by atoms with Gasteiger partial charge in [0.25, 0.3) is 0 Å². The SMILES string of the molecule is CNc1ccncc1S(=O)(=O)N(C)C(C)C. The summed E-state index contributed by atoms with van der Waals surface area (Å²) in [5.41, 5.74) is 0.558. The van der Waals surface area contributed by atoms with E-state index >= 15 is 0 Å². The fraction of sp³-hybridized carbons (Fsp3) is 0.500. The van der Waals surface area contributed by atoms with Gasteiger partial charge in [0.15, 0.2) is 0 Å². The molecule has 0 amide bonds. The highest BCUT2D eigenvalue weighted by Gasteiger charge is 2.25. The van der Waals surface area contributed by atoms with Crippen molar-refractivity contribution in [2.75, 3.05) is 19.4 Å². The Morgan fingerprint density at radius 2 is 2.06 bits per heavy atom. The van der Waals surface area contributed by atoms with Gasteiger partial charge in [-0.2, -0.15) is 4.31 Å². The van der Waals surface area contributed by atoms with Crippen molar-refractivity contribution in [2.24, 2.45) is 0 Å². The van der Waals surface area contributed by atoms with Crippen molar-refractivity contribution in [1.29, 1.82) is 0 Å². The molecule has 1 rings (SSSR count). The van der Waals surface area contributed by atoms with E-state index in [1.165, 1.54) is 10.5 Å². The lowest BCUT2D eigenvalue weighted by molar-refractivity contribution is 0.410. The van der Waals surface area contributed by atoms with E-state index in [-0.39, 0.29) is 10.9 Å². The zero-order valence-corrected chi connectivity index (χ0v) is 10.7. The van der Waals surface area contributed by atoms with Gasteiger partial charge in [-0.15, -0.1) is 0 Å². The molecule has 0 atom stereocenters. The second-order valence-corrected chi connectivity index (χ2v) is 5.70. The molecule has 0 aromatic carbocycles. The molecule has 0 spiro atoms. The second-order valence-electron chi connectivity index (χ2n) is 3.74. The predicted molar refractivity (Wildman–Crippen MR) is 63.9 cm³/mol.